The van der Waals surface area contributed by atoms with Gasteiger partial charge in [-0.3, -0.25) is 9.69 Å². The van der Waals surface area contributed by atoms with Crippen LogP contribution in [0.1, 0.15) is 47.2 Å². The Bertz CT molecular complexity index is 573. The standard InChI is InChI=1S/C21H33N3O2/c1-18-14-19(21(26)20(15-18)17-25)16-24(12-10-22-6-2-3-7-22)13-11-23-8-4-5-9-23/h14-15,17,26H,2-13,16H2,1H3. The molecular formula is C21H33N3O2. The second-order valence-corrected chi connectivity index (χ2v) is 7.85. The first-order valence-corrected chi connectivity index (χ1v) is 10.1. The SMILES string of the molecule is Cc1cc(C=O)c(O)c(CN(CCN2CCCC2)CCN2CCCC2)c1. The van der Waals surface area contributed by atoms with Crippen LogP contribution in [0.5, 0.6) is 5.75 Å². The number of carbonyl (C=O) groups excluding carboxylic acids is 1. The number of hydrogen-bond donors (Lipinski definition) is 1. The van der Waals surface area contributed by atoms with Crippen LogP contribution in [0.4, 0.5) is 0 Å². The number of hydrogen-bond acceptors (Lipinski definition) is 5. The molecule has 0 atom stereocenters. The summed E-state index contributed by atoms with van der Waals surface area (Å²) in [6, 6.07) is 3.77. The molecule has 0 amide bonds. The van der Waals surface area contributed by atoms with E-state index < -0.39 is 0 Å². The fourth-order valence-electron chi connectivity index (χ4n) is 4.18. The third-order valence-electron chi connectivity index (χ3n) is 5.75. The molecule has 2 fully saturated rings. The Morgan fingerprint density at radius 1 is 1.00 bits per heavy atom. The minimum Gasteiger partial charge on any atom is -0.507 e. The molecule has 5 heteroatoms. The number of likely N-dealkylation sites (tertiary alicyclic amines) is 2. The van der Waals surface area contributed by atoms with Gasteiger partial charge in [-0.1, -0.05) is 6.07 Å². The lowest BCUT2D eigenvalue weighted by Gasteiger charge is -2.28. The van der Waals surface area contributed by atoms with Crippen molar-refractivity contribution in [2.24, 2.45) is 0 Å². The van der Waals surface area contributed by atoms with Gasteiger partial charge in [-0.25, -0.2) is 0 Å². The molecule has 3 rings (SSSR count). The number of benzene rings is 1. The van der Waals surface area contributed by atoms with Crippen molar-refractivity contribution >= 4 is 6.29 Å². The van der Waals surface area contributed by atoms with Crippen LogP contribution < -0.4 is 0 Å². The monoisotopic (exact) mass is 359 g/mol. The topological polar surface area (TPSA) is 47.0 Å². The molecule has 0 unspecified atom stereocenters. The molecule has 0 radical (unpaired) electrons. The molecule has 1 aromatic carbocycles. The molecule has 2 saturated heterocycles. The third-order valence-corrected chi connectivity index (χ3v) is 5.75. The molecule has 2 aliphatic rings. The summed E-state index contributed by atoms with van der Waals surface area (Å²) in [7, 11) is 0. The second-order valence-electron chi connectivity index (χ2n) is 7.85. The lowest BCUT2D eigenvalue weighted by Crippen LogP contribution is -2.38. The van der Waals surface area contributed by atoms with Gasteiger partial charge in [-0.2, -0.15) is 0 Å². The van der Waals surface area contributed by atoms with Gasteiger partial charge in [0.25, 0.3) is 0 Å². The molecule has 144 valence electrons. The van der Waals surface area contributed by atoms with E-state index in [0.717, 1.165) is 43.6 Å². The zero-order valence-corrected chi connectivity index (χ0v) is 16.1. The lowest BCUT2D eigenvalue weighted by molar-refractivity contribution is 0.112. The predicted molar refractivity (Wildman–Crippen MR) is 105 cm³/mol. The molecule has 2 heterocycles. The molecule has 5 nitrogen and oxygen atoms in total. The highest BCUT2D eigenvalue weighted by molar-refractivity contribution is 5.80. The van der Waals surface area contributed by atoms with E-state index in [2.05, 4.69) is 14.7 Å². The highest BCUT2D eigenvalue weighted by Crippen LogP contribution is 2.25. The second kappa shape index (κ2) is 9.49. The van der Waals surface area contributed by atoms with Gasteiger partial charge >= 0.3 is 0 Å². The van der Waals surface area contributed by atoms with E-state index in [9.17, 15) is 9.90 Å². The van der Waals surface area contributed by atoms with Crippen molar-refractivity contribution in [3.63, 3.8) is 0 Å². The summed E-state index contributed by atoms with van der Waals surface area (Å²) in [5, 5.41) is 10.4. The number of nitrogens with zero attached hydrogens (tertiary/aromatic N) is 3. The predicted octanol–water partition coefficient (Wildman–Crippen LogP) is 2.51. The van der Waals surface area contributed by atoms with Crippen molar-refractivity contribution in [2.45, 2.75) is 39.2 Å². The number of aldehydes is 1. The maximum absolute atomic E-state index is 11.2. The first-order chi connectivity index (χ1) is 12.7. The molecule has 0 saturated carbocycles. The van der Waals surface area contributed by atoms with Gasteiger partial charge in [0.05, 0.1) is 5.56 Å². The highest BCUT2D eigenvalue weighted by Gasteiger charge is 2.18. The van der Waals surface area contributed by atoms with Crippen molar-refractivity contribution < 1.29 is 9.90 Å². The molecule has 1 aromatic rings. The summed E-state index contributed by atoms with van der Waals surface area (Å²) in [5.74, 6) is 0.151. The van der Waals surface area contributed by atoms with Gasteiger partial charge < -0.3 is 14.9 Å². The van der Waals surface area contributed by atoms with E-state index in [0.29, 0.717) is 12.1 Å². The number of carbonyl (C=O) groups is 1. The fourth-order valence-corrected chi connectivity index (χ4v) is 4.18. The highest BCUT2D eigenvalue weighted by atomic mass is 16.3. The minimum absolute atomic E-state index is 0.151. The summed E-state index contributed by atoms with van der Waals surface area (Å²) >= 11 is 0. The maximum Gasteiger partial charge on any atom is 0.153 e. The Morgan fingerprint density at radius 3 is 2.04 bits per heavy atom. The summed E-state index contributed by atoms with van der Waals surface area (Å²) in [6.07, 6.45) is 6.01. The zero-order valence-electron chi connectivity index (χ0n) is 16.1. The largest absolute Gasteiger partial charge is 0.507 e. The Kier molecular flexibility index (Phi) is 7.06. The van der Waals surface area contributed by atoms with E-state index in [4.69, 9.17) is 0 Å². The van der Waals surface area contributed by atoms with Gasteiger partial charge in [-0.05, 0) is 70.4 Å². The van der Waals surface area contributed by atoms with E-state index in [1.165, 1.54) is 51.9 Å². The molecule has 0 bridgehead atoms. The maximum atomic E-state index is 11.2. The van der Waals surface area contributed by atoms with Crippen LogP contribution in [0.2, 0.25) is 0 Å². The Balaban J connectivity index is 1.64. The van der Waals surface area contributed by atoms with Crippen molar-refractivity contribution in [1.29, 1.82) is 0 Å². The Morgan fingerprint density at radius 2 is 1.54 bits per heavy atom. The van der Waals surface area contributed by atoms with Crippen LogP contribution in [0, 0.1) is 6.92 Å². The summed E-state index contributed by atoms with van der Waals surface area (Å²) < 4.78 is 0. The molecule has 0 aromatic heterocycles. The van der Waals surface area contributed by atoms with Crippen LogP contribution in [0.3, 0.4) is 0 Å². The van der Waals surface area contributed by atoms with E-state index in [1.807, 2.05) is 13.0 Å². The summed E-state index contributed by atoms with van der Waals surface area (Å²) in [6.45, 7) is 11.7. The van der Waals surface area contributed by atoms with Crippen molar-refractivity contribution in [2.75, 3.05) is 52.4 Å². The van der Waals surface area contributed by atoms with Crippen LogP contribution >= 0.6 is 0 Å². The summed E-state index contributed by atoms with van der Waals surface area (Å²) in [4.78, 5) is 18.7. The minimum atomic E-state index is 0.151. The number of phenols is 1. The molecule has 1 N–H and O–H groups in total. The van der Waals surface area contributed by atoms with Crippen LogP contribution in [-0.4, -0.2) is 78.5 Å². The summed E-state index contributed by atoms with van der Waals surface area (Å²) in [5.41, 5.74) is 2.30. The normalized spacial score (nSPS) is 18.8. The fraction of sp³-hybridized carbons (Fsp3) is 0.667. The number of aryl methyl sites for hydroxylation is 1. The smallest absolute Gasteiger partial charge is 0.153 e. The Labute approximate surface area is 157 Å². The van der Waals surface area contributed by atoms with Crippen molar-refractivity contribution in [3.05, 3.63) is 28.8 Å². The van der Waals surface area contributed by atoms with Gasteiger partial charge in [0.2, 0.25) is 0 Å². The van der Waals surface area contributed by atoms with Gasteiger partial charge in [-0.15, -0.1) is 0 Å². The van der Waals surface area contributed by atoms with E-state index in [1.54, 1.807) is 6.07 Å². The number of aromatic hydroxyl groups is 1. The van der Waals surface area contributed by atoms with Crippen LogP contribution in [0.25, 0.3) is 0 Å². The van der Waals surface area contributed by atoms with Crippen molar-refractivity contribution in [1.82, 2.24) is 14.7 Å². The Hall–Kier alpha value is -1.43. The van der Waals surface area contributed by atoms with Crippen molar-refractivity contribution in [3.8, 4) is 5.75 Å². The number of rotatable bonds is 9. The van der Waals surface area contributed by atoms with Crippen LogP contribution in [0.15, 0.2) is 12.1 Å². The third kappa shape index (κ3) is 5.29. The average molecular weight is 360 g/mol. The zero-order chi connectivity index (χ0) is 18.4. The first-order valence-electron chi connectivity index (χ1n) is 10.1. The molecule has 26 heavy (non-hydrogen) atoms. The molecule has 2 aliphatic heterocycles. The molecular weight excluding hydrogens is 326 g/mol. The molecule has 0 aliphatic carbocycles. The van der Waals surface area contributed by atoms with Gasteiger partial charge in [0, 0.05) is 38.3 Å². The first kappa shape index (κ1) is 19.3. The lowest BCUT2D eigenvalue weighted by atomic mass is 10.0. The molecule has 0 spiro atoms. The van der Waals surface area contributed by atoms with E-state index in [-0.39, 0.29) is 5.75 Å². The average Bonchev–Trinajstić information content (AvgIpc) is 3.33. The van der Waals surface area contributed by atoms with Crippen LogP contribution in [-0.2, 0) is 6.54 Å². The van der Waals surface area contributed by atoms with Gasteiger partial charge in [0.15, 0.2) is 6.29 Å². The van der Waals surface area contributed by atoms with Gasteiger partial charge in [0.1, 0.15) is 5.75 Å². The van der Waals surface area contributed by atoms with E-state index >= 15 is 0 Å². The quantitative estimate of drug-likeness (QED) is 0.687. The number of phenolic OH excluding ortho intramolecular Hbond substituents is 1.